The Morgan fingerprint density at radius 2 is 1.91 bits per heavy atom. The highest BCUT2D eigenvalue weighted by Gasteiger charge is 2.16. The highest BCUT2D eigenvalue weighted by molar-refractivity contribution is 6.33. The van der Waals surface area contributed by atoms with E-state index in [1.54, 1.807) is 18.3 Å². The average molecular weight is 467 g/mol. The molecule has 0 atom stereocenters. The van der Waals surface area contributed by atoms with Crippen molar-refractivity contribution < 1.29 is 5.21 Å². The van der Waals surface area contributed by atoms with Gasteiger partial charge in [0.25, 0.3) is 0 Å². The van der Waals surface area contributed by atoms with Gasteiger partial charge in [0, 0.05) is 33.6 Å². The van der Waals surface area contributed by atoms with E-state index < -0.39 is 0 Å². The number of hydrogen-bond acceptors (Lipinski definition) is 6. The van der Waals surface area contributed by atoms with Crippen LogP contribution in [-0.4, -0.2) is 25.8 Å². The van der Waals surface area contributed by atoms with Crippen LogP contribution in [0.2, 0.25) is 10.0 Å². The number of fused-ring (bicyclic) bond motifs is 1. The molecule has 4 aromatic rings. The second kappa shape index (κ2) is 9.32. The van der Waals surface area contributed by atoms with Crippen molar-refractivity contribution in [2.45, 2.75) is 6.54 Å². The summed E-state index contributed by atoms with van der Waals surface area (Å²) in [6.07, 6.45) is 4.83. The van der Waals surface area contributed by atoms with E-state index >= 15 is 0 Å². The SMILES string of the molecule is N/C(=C\N(N)Cc1ccc(Cl)c(/C=N/O)c1)c1c(-c2ccc(Cl)cc2)nc2ccccn12. The van der Waals surface area contributed by atoms with E-state index in [0.717, 1.165) is 28.2 Å². The second-order valence-corrected chi connectivity index (χ2v) is 7.95. The van der Waals surface area contributed by atoms with E-state index in [1.807, 2.05) is 59.1 Å². The lowest BCUT2D eigenvalue weighted by atomic mass is 10.1. The molecule has 0 aliphatic rings. The van der Waals surface area contributed by atoms with Gasteiger partial charge < -0.3 is 15.9 Å². The van der Waals surface area contributed by atoms with Crippen LogP contribution >= 0.6 is 23.2 Å². The molecule has 2 heterocycles. The lowest BCUT2D eigenvalue weighted by molar-refractivity contribution is 0.322. The molecule has 0 unspecified atom stereocenters. The van der Waals surface area contributed by atoms with Crippen LogP contribution in [0.25, 0.3) is 22.6 Å². The molecule has 9 heteroatoms. The first-order chi connectivity index (χ1) is 15.5. The molecule has 32 heavy (non-hydrogen) atoms. The molecule has 162 valence electrons. The molecule has 2 aromatic carbocycles. The minimum absolute atomic E-state index is 0.358. The summed E-state index contributed by atoms with van der Waals surface area (Å²) in [5, 5.41) is 14.4. The molecule has 0 saturated carbocycles. The van der Waals surface area contributed by atoms with Crippen LogP contribution < -0.4 is 11.6 Å². The molecule has 0 bridgehead atoms. The molecule has 2 aromatic heterocycles. The van der Waals surface area contributed by atoms with E-state index in [4.69, 9.17) is 45.0 Å². The third-order valence-corrected chi connectivity index (χ3v) is 5.44. The van der Waals surface area contributed by atoms with Crippen molar-refractivity contribution in [3.63, 3.8) is 0 Å². The van der Waals surface area contributed by atoms with Gasteiger partial charge in [0.1, 0.15) is 5.65 Å². The van der Waals surface area contributed by atoms with Gasteiger partial charge in [0.05, 0.1) is 29.8 Å². The van der Waals surface area contributed by atoms with Crippen LogP contribution in [0.3, 0.4) is 0 Å². The van der Waals surface area contributed by atoms with Crippen molar-refractivity contribution in [1.82, 2.24) is 14.4 Å². The van der Waals surface area contributed by atoms with Crippen LogP contribution in [0.4, 0.5) is 0 Å². The van der Waals surface area contributed by atoms with Crippen molar-refractivity contribution in [2.24, 2.45) is 16.7 Å². The molecule has 0 spiro atoms. The summed E-state index contributed by atoms with van der Waals surface area (Å²) < 4.78 is 1.92. The molecule has 0 saturated heterocycles. The fraction of sp³-hybridized carbons (Fsp3) is 0.0435. The van der Waals surface area contributed by atoms with E-state index in [-0.39, 0.29) is 0 Å². The lowest BCUT2D eigenvalue weighted by Gasteiger charge is -2.16. The monoisotopic (exact) mass is 466 g/mol. The molecule has 4 rings (SSSR count). The number of oxime groups is 1. The van der Waals surface area contributed by atoms with Crippen molar-refractivity contribution in [2.75, 3.05) is 0 Å². The fourth-order valence-electron chi connectivity index (χ4n) is 3.43. The summed E-state index contributed by atoms with van der Waals surface area (Å²) >= 11 is 12.2. The topological polar surface area (TPSA) is 105 Å². The average Bonchev–Trinajstić information content (AvgIpc) is 3.16. The quantitative estimate of drug-likeness (QED) is 0.164. The van der Waals surface area contributed by atoms with Crippen molar-refractivity contribution >= 4 is 40.8 Å². The van der Waals surface area contributed by atoms with Crippen LogP contribution in [0, 0.1) is 0 Å². The van der Waals surface area contributed by atoms with Gasteiger partial charge in [-0.25, -0.2) is 10.8 Å². The number of pyridine rings is 1. The molecular weight excluding hydrogens is 447 g/mol. The number of nitrogens with two attached hydrogens (primary N) is 2. The first kappa shape index (κ1) is 21.7. The minimum Gasteiger partial charge on any atom is -0.411 e. The predicted octanol–water partition coefficient (Wildman–Crippen LogP) is 4.75. The lowest BCUT2D eigenvalue weighted by Crippen LogP contribution is -2.26. The smallest absolute Gasteiger partial charge is 0.137 e. The number of aromatic nitrogens is 2. The minimum atomic E-state index is 0.358. The third kappa shape index (κ3) is 4.55. The number of rotatable bonds is 6. The van der Waals surface area contributed by atoms with Gasteiger partial charge >= 0.3 is 0 Å². The summed E-state index contributed by atoms with van der Waals surface area (Å²) in [6, 6.07) is 18.5. The number of imidazole rings is 1. The molecule has 0 radical (unpaired) electrons. The summed E-state index contributed by atoms with van der Waals surface area (Å²) in [5.41, 5.74) is 11.5. The van der Waals surface area contributed by atoms with Crippen LogP contribution in [0.5, 0.6) is 0 Å². The van der Waals surface area contributed by atoms with Crippen LogP contribution in [0.15, 0.2) is 78.2 Å². The van der Waals surface area contributed by atoms with Gasteiger partial charge in [0.15, 0.2) is 0 Å². The number of nitrogens with zero attached hydrogens (tertiary/aromatic N) is 4. The van der Waals surface area contributed by atoms with E-state index in [9.17, 15) is 0 Å². The molecule has 0 amide bonds. The third-order valence-electron chi connectivity index (χ3n) is 4.85. The van der Waals surface area contributed by atoms with Crippen molar-refractivity contribution in [3.8, 4) is 11.3 Å². The fourth-order valence-corrected chi connectivity index (χ4v) is 3.72. The summed E-state index contributed by atoms with van der Waals surface area (Å²) in [6.45, 7) is 0.358. The highest BCUT2D eigenvalue weighted by atomic mass is 35.5. The Kier molecular flexibility index (Phi) is 6.32. The van der Waals surface area contributed by atoms with Crippen molar-refractivity contribution in [3.05, 3.63) is 99.9 Å². The standard InChI is InChI=1S/C23H20Cl2N6O/c24-18-7-5-16(6-8-18)22-23(31-10-2-1-3-21(31)29-22)20(26)14-30(27)13-15-4-9-19(25)17(11-15)12-28-32/h1-12,14,32H,13,26-27H2/b20-14-,28-12+. The number of benzene rings is 2. The molecule has 0 fully saturated rings. The van der Waals surface area contributed by atoms with Gasteiger partial charge in [-0.15, -0.1) is 0 Å². The maximum atomic E-state index is 8.80. The maximum absolute atomic E-state index is 8.80. The Morgan fingerprint density at radius 3 is 2.66 bits per heavy atom. The Balaban J connectivity index is 1.70. The Labute approximate surface area is 194 Å². The molecule has 0 aliphatic heterocycles. The summed E-state index contributed by atoms with van der Waals surface area (Å²) in [7, 11) is 0. The predicted molar refractivity (Wildman–Crippen MR) is 128 cm³/mol. The normalized spacial score (nSPS) is 12.0. The van der Waals surface area contributed by atoms with Crippen LogP contribution in [0.1, 0.15) is 16.8 Å². The summed E-state index contributed by atoms with van der Waals surface area (Å²) in [5.74, 6) is 6.24. The van der Waals surface area contributed by atoms with Gasteiger partial charge in [-0.1, -0.05) is 52.6 Å². The van der Waals surface area contributed by atoms with E-state index in [1.165, 1.54) is 11.2 Å². The largest absolute Gasteiger partial charge is 0.411 e. The Hall–Kier alpha value is -3.52. The number of hydrogen-bond donors (Lipinski definition) is 3. The second-order valence-electron chi connectivity index (χ2n) is 7.10. The molecule has 7 nitrogen and oxygen atoms in total. The Bertz CT molecular complexity index is 1310. The first-order valence-corrected chi connectivity index (χ1v) is 10.4. The van der Waals surface area contributed by atoms with Gasteiger partial charge in [-0.05, 0) is 42.0 Å². The maximum Gasteiger partial charge on any atom is 0.137 e. The van der Waals surface area contributed by atoms with E-state index in [2.05, 4.69) is 5.16 Å². The Morgan fingerprint density at radius 1 is 1.12 bits per heavy atom. The van der Waals surface area contributed by atoms with E-state index in [0.29, 0.717) is 27.9 Å². The zero-order valence-corrected chi connectivity index (χ0v) is 18.4. The van der Waals surface area contributed by atoms with Crippen LogP contribution in [-0.2, 0) is 6.54 Å². The van der Waals surface area contributed by atoms with Gasteiger partial charge in [-0.3, -0.25) is 4.40 Å². The number of hydrazine groups is 1. The molecule has 5 N–H and O–H groups in total. The first-order valence-electron chi connectivity index (χ1n) is 9.64. The zero-order chi connectivity index (χ0) is 22.7. The van der Waals surface area contributed by atoms with Gasteiger partial charge in [-0.2, -0.15) is 0 Å². The zero-order valence-electron chi connectivity index (χ0n) is 16.9. The molecular formula is C23H20Cl2N6O. The van der Waals surface area contributed by atoms with Crippen molar-refractivity contribution in [1.29, 1.82) is 0 Å². The van der Waals surface area contributed by atoms with Gasteiger partial charge in [0.2, 0.25) is 0 Å². The molecule has 0 aliphatic carbocycles. The summed E-state index contributed by atoms with van der Waals surface area (Å²) in [4.78, 5) is 4.75. The number of halogens is 2. The highest BCUT2D eigenvalue weighted by Crippen LogP contribution is 2.29.